The van der Waals surface area contributed by atoms with E-state index in [1.807, 2.05) is 43.3 Å². The number of aliphatic carboxylic acids is 1. The number of aryl methyl sites for hydroxylation is 1. The van der Waals surface area contributed by atoms with Crippen LogP contribution in [0.5, 0.6) is 5.75 Å². The van der Waals surface area contributed by atoms with Crippen molar-refractivity contribution in [1.29, 1.82) is 0 Å². The zero-order chi connectivity index (χ0) is 18.4. The number of amides is 1. The lowest BCUT2D eigenvalue weighted by Crippen LogP contribution is -2.45. The number of ether oxygens (including phenoxy) is 1. The molecule has 5 nitrogen and oxygen atoms in total. The van der Waals surface area contributed by atoms with Gasteiger partial charge in [0.2, 0.25) is 0 Å². The molecule has 0 heterocycles. The van der Waals surface area contributed by atoms with Crippen molar-refractivity contribution in [3.8, 4) is 5.75 Å². The summed E-state index contributed by atoms with van der Waals surface area (Å²) in [5.74, 6) is -0.882. The summed E-state index contributed by atoms with van der Waals surface area (Å²) in [6, 6.07) is 13.7. The summed E-state index contributed by atoms with van der Waals surface area (Å²) in [7, 11) is 1.48. The summed E-state index contributed by atoms with van der Waals surface area (Å²) >= 11 is 3.41. The van der Waals surface area contributed by atoms with Gasteiger partial charge in [-0.3, -0.25) is 4.79 Å². The quantitative estimate of drug-likeness (QED) is 0.767. The van der Waals surface area contributed by atoms with Gasteiger partial charge in [0.05, 0.1) is 0 Å². The average Bonchev–Trinajstić information content (AvgIpc) is 2.60. The van der Waals surface area contributed by atoms with Crippen LogP contribution in [-0.2, 0) is 16.0 Å². The highest BCUT2D eigenvalue weighted by Gasteiger charge is 2.27. The molecule has 0 radical (unpaired) electrons. The molecule has 0 aromatic heterocycles. The summed E-state index contributed by atoms with van der Waals surface area (Å²) in [5.41, 5.74) is 1.92. The van der Waals surface area contributed by atoms with E-state index in [1.54, 1.807) is 12.1 Å². The number of benzene rings is 2. The molecular formula is C19H20BrNO4. The van der Waals surface area contributed by atoms with Gasteiger partial charge in [0.25, 0.3) is 5.91 Å². The number of carboxylic acid groups (broad SMARTS) is 1. The second kappa shape index (κ2) is 8.67. The van der Waals surface area contributed by atoms with Gasteiger partial charge in [-0.15, -0.1) is 0 Å². The highest BCUT2D eigenvalue weighted by Crippen LogP contribution is 2.22. The standard InChI is InChI=1S/C19H20BrNO4/c1-13-8-9-15(11-16(13)20)25-12-18(22)21(2)17(19(23)24)10-14-6-4-3-5-7-14/h3-9,11,17H,10,12H2,1-2H3,(H,23,24)/t17-/m1/s1. The predicted octanol–water partition coefficient (Wildman–Crippen LogP) is 3.29. The number of hydrogen-bond acceptors (Lipinski definition) is 3. The molecule has 25 heavy (non-hydrogen) atoms. The predicted molar refractivity (Wildman–Crippen MR) is 98.7 cm³/mol. The Hall–Kier alpha value is -2.34. The topological polar surface area (TPSA) is 66.8 Å². The van der Waals surface area contributed by atoms with Crippen LogP contribution in [0.25, 0.3) is 0 Å². The molecule has 0 aliphatic rings. The van der Waals surface area contributed by atoms with Crippen LogP contribution in [0.3, 0.4) is 0 Å². The zero-order valence-electron chi connectivity index (χ0n) is 14.1. The van der Waals surface area contributed by atoms with Crippen LogP contribution in [0.2, 0.25) is 0 Å². The lowest BCUT2D eigenvalue weighted by molar-refractivity contribution is -0.149. The maximum absolute atomic E-state index is 12.3. The Kier molecular flexibility index (Phi) is 6.58. The first-order valence-corrected chi connectivity index (χ1v) is 8.59. The van der Waals surface area contributed by atoms with Crippen molar-refractivity contribution in [3.05, 3.63) is 64.1 Å². The van der Waals surface area contributed by atoms with Gasteiger partial charge in [-0.05, 0) is 30.2 Å². The van der Waals surface area contributed by atoms with Gasteiger partial charge in [-0.2, -0.15) is 0 Å². The van der Waals surface area contributed by atoms with Crippen LogP contribution in [0.1, 0.15) is 11.1 Å². The summed E-state index contributed by atoms with van der Waals surface area (Å²) in [6.07, 6.45) is 0.245. The first-order valence-electron chi connectivity index (χ1n) is 7.80. The van der Waals surface area contributed by atoms with Crippen molar-refractivity contribution < 1.29 is 19.4 Å². The number of hydrogen-bond donors (Lipinski definition) is 1. The third kappa shape index (κ3) is 5.32. The van der Waals surface area contributed by atoms with E-state index in [9.17, 15) is 14.7 Å². The molecule has 0 bridgehead atoms. The molecule has 0 saturated heterocycles. The minimum Gasteiger partial charge on any atom is -0.484 e. The molecule has 6 heteroatoms. The van der Waals surface area contributed by atoms with Gasteiger partial charge in [0, 0.05) is 17.9 Å². The zero-order valence-corrected chi connectivity index (χ0v) is 15.7. The monoisotopic (exact) mass is 405 g/mol. The summed E-state index contributed by atoms with van der Waals surface area (Å²) < 4.78 is 6.38. The van der Waals surface area contributed by atoms with Crippen molar-refractivity contribution in [2.24, 2.45) is 0 Å². The minimum atomic E-state index is -1.04. The van der Waals surface area contributed by atoms with Crippen molar-refractivity contribution in [2.45, 2.75) is 19.4 Å². The van der Waals surface area contributed by atoms with E-state index < -0.39 is 12.0 Å². The number of nitrogens with zero attached hydrogens (tertiary/aromatic N) is 1. The lowest BCUT2D eigenvalue weighted by atomic mass is 10.1. The fraction of sp³-hybridized carbons (Fsp3) is 0.263. The Labute approximate surface area is 155 Å². The third-order valence-corrected chi connectivity index (χ3v) is 4.78. The molecule has 2 aromatic carbocycles. The van der Waals surface area contributed by atoms with Crippen LogP contribution in [-0.4, -0.2) is 41.6 Å². The lowest BCUT2D eigenvalue weighted by Gasteiger charge is -2.25. The highest BCUT2D eigenvalue weighted by atomic mass is 79.9. The molecule has 0 saturated carbocycles. The summed E-state index contributed by atoms with van der Waals surface area (Å²) in [6.45, 7) is 1.73. The third-order valence-electron chi connectivity index (χ3n) is 3.92. The van der Waals surface area contributed by atoms with Crippen molar-refractivity contribution in [2.75, 3.05) is 13.7 Å². The second-order valence-corrected chi connectivity index (χ2v) is 6.60. The molecule has 1 atom stereocenters. The Bertz CT molecular complexity index is 748. The minimum absolute atomic E-state index is 0.218. The summed E-state index contributed by atoms with van der Waals surface area (Å²) in [5, 5.41) is 9.47. The smallest absolute Gasteiger partial charge is 0.326 e. The molecule has 2 rings (SSSR count). The van der Waals surface area contributed by atoms with Gasteiger partial charge < -0.3 is 14.7 Å². The fourth-order valence-electron chi connectivity index (χ4n) is 2.31. The van der Waals surface area contributed by atoms with Crippen molar-refractivity contribution >= 4 is 27.8 Å². The van der Waals surface area contributed by atoms with E-state index in [0.29, 0.717) is 5.75 Å². The normalized spacial score (nSPS) is 11.6. The van der Waals surface area contributed by atoms with E-state index in [1.165, 1.54) is 11.9 Å². The highest BCUT2D eigenvalue weighted by molar-refractivity contribution is 9.10. The number of likely N-dealkylation sites (N-methyl/N-ethyl adjacent to an activating group) is 1. The number of carbonyl (C=O) groups is 2. The second-order valence-electron chi connectivity index (χ2n) is 5.75. The largest absolute Gasteiger partial charge is 0.484 e. The van der Waals surface area contributed by atoms with E-state index in [-0.39, 0.29) is 18.9 Å². The maximum Gasteiger partial charge on any atom is 0.326 e. The SMILES string of the molecule is Cc1ccc(OCC(=O)N(C)[C@H](Cc2ccccc2)C(=O)O)cc1Br. The van der Waals surface area contributed by atoms with E-state index in [0.717, 1.165) is 15.6 Å². The Morgan fingerprint density at radius 3 is 2.48 bits per heavy atom. The van der Waals surface area contributed by atoms with E-state index >= 15 is 0 Å². The van der Waals surface area contributed by atoms with Gasteiger partial charge in [0.1, 0.15) is 11.8 Å². The molecule has 132 valence electrons. The molecule has 2 aromatic rings. The number of carbonyl (C=O) groups excluding carboxylic acids is 1. The Morgan fingerprint density at radius 2 is 1.88 bits per heavy atom. The molecule has 0 aliphatic carbocycles. The molecular weight excluding hydrogens is 386 g/mol. The van der Waals surface area contributed by atoms with Crippen LogP contribution >= 0.6 is 15.9 Å². The van der Waals surface area contributed by atoms with Crippen molar-refractivity contribution in [3.63, 3.8) is 0 Å². The molecule has 0 aliphatic heterocycles. The molecule has 0 unspecified atom stereocenters. The van der Waals surface area contributed by atoms with Gasteiger partial charge >= 0.3 is 5.97 Å². The first kappa shape index (κ1) is 19.0. The van der Waals surface area contributed by atoms with Crippen molar-refractivity contribution in [1.82, 2.24) is 4.90 Å². The van der Waals surface area contributed by atoms with Gasteiger partial charge in [-0.1, -0.05) is 52.3 Å². The van der Waals surface area contributed by atoms with Crippen LogP contribution < -0.4 is 4.74 Å². The first-order chi connectivity index (χ1) is 11.9. The van der Waals surface area contributed by atoms with Crippen LogP contribution in [0.4, 0.5) is 0 Å². The van der Waals surface area contributed by atoms with Gasteiger partial charge in [0.15, 0.2) is 6.61 Å². The Morgan fingerprint density at radius 1 is 1.20 bits per heavy atom. The molecule has 0 spiro atoms. The average molecular weight is 406 g/mol. The summed E-state index contributed by atoms with van der Waals surface area (Å²) in [4.78, 5) is 25.1. The number of carboxylic acids is 1. The fourth-order valence-corrected chi connectivity index (χ4v) is 2.67. The number of rotatable bonds is 7. The van der Waals surface area contributed by atoms with Crippen LogP contribution in [0, 0.1) is 6.92 Å². The van der Waals surface area contributed by atoms with Gasteiger partial charge in [-0.25, -0.2) is 4.79 Å². The van der Waals surface area contributed by atoms with E-state index in [4.69, 9.17) is 4.74 Å². The number of halogens is 1. The molecule has 1 amide bonds. The Balaban J connectivity index is 2.00. The van der Waals surface area contributed by atoms with Crippen LogP contribution in [0.15, 0.2) is 53.0 Å². The maximum atomic E-state index is 12.3. The van der Waals surface area contributed by atoms with E-state index in [2.05, 4.69) is 15.9 Å². The molecule has 0 fully saturated rings. The molecule has 1 N–H and O–H groups in total.